The van der Waals surface area contributed by atoms with E-state index in [4.69, 9.17) is 0 Å². The monoisotopic (exact) mass is 562 g/mol. The van der Waals surface area contributed by atoms with Crippen molar-refractivity contribution in [2.24, 2.45) is 0 Å². The van der Waals surface area contributed by atoms with Crippen LogP contribution in [0.1, 0.15) is 40.7 Å². The second-order valence-electron chi connectivity index (χ2n) is 10.7. The molecule has 0 bridgehead atoms. The topological polar surface area (TPSA) is 68.4 Å². The number of para-hydroxylation sites is 1. The molecule has 5 rings (SSSR count). The van der Waals surface area contributed by atoms with Crippen LogP contribution in [-0.4, -0.2) is 45.9 Å². The third-order valence-corrected chi connectivity index (χ3v) is 7.51. The fourth-order valence-electron chi connectivity index (χ4n) is 5.04. The van der Waals surface area contributed by atoms with Crippen LogP contribution in [0, 0.1) is 13.8 Å². The number of urea groups is 1. The fourth-order valence-corrected chi connectivity index (χ4v) is 5.04. The molecule has 9 heteroatoms. The van der Waals surface area contributed by atoms with Crippen LogP contribution in [0.3, 0.4) is 0 Å². The second-order valence-corrected chi connectivity index (χ2v) is 10.7. The maximum Gasteiger partial charge on any atom is 0.416 e. The Morgan fingerprint density at radius 2 is 1.73 bits per heavy atom. The first-order valence-corrected chi connectivity index (χ1v) is 13.7. The molecule has 1 saturated carbocycles. The van der Waals surface area contributed by atoms with Gasteiger partial charge in [-0.15, -0.1) is 0 Å². The lowest BCUT2D eigenvalue weighted by molar-refractivity contribution is -0.137. The van der Waals surface area contributed by atoms with Crippen LogP contribution >= 0.6 is 0 Å². The number of aromatic nitrogens is 1. The van der Waals surface area contributed by atoms with Crippen LogP contribution in [0.4, 0.5) is 23.7 Å². The SMILES string of the molecule is Cc1ccc(NC(=O)N(CC(=O)N(CCc2c[nH]c3ccccc23)Cc2ccc(C(F)(F)F)cc2)C2CC2)c(C)c1. The number of benzene rings is 3. The summed E-state index contributed by atoms with van der Waals surface area (Å²) in [5.74, 6) is -0.257. The number of anilines is 1. The van der Waals surface area contributed by atoms with Gasteiger partial charge >= 0.3 is 12.2 Å². The predicted octanol–water partition coefficient (Wildman–Crippen LogP) is 7.07. The van der Waals surface area contributed by atoms with Gasteiger partial charge in [-0.2, -0.15) is 13.2 Å². The molecule has 3 amide bonds. The molecular weight excluding hydrogens is 529 g/mol. The predicted molar refractivity (Wildman–Crippen MR) is 154 cm³/mol. The number of aryl methyl sites for hydroxylation is 2. The number of rotatable bonds is 9. The first kappa shape index (κ1) is 28.3. The van der Waals surface area contributed by atoms with E-state index in [1.807, 2.05) is 62.5 Å². The molecule has 6 nitrogen and oxygen atoms in total. The van der Waals surface area contributed by atoms with Gasteiger partial charge in [0.2, 0.25) is 5.91 Å². The molecule has 0 atom stereocenters. The zero-order valence-corrected chi connectivity index (χ0v) is 23.1. The van der Waals surface area contributed by atoms with Gasteiger partial charge in [0.1, 0.15) is 6.54 Å². The highest BCUT2D eigenvalue weighted by molar-refractivity contribution is 5.93. The van der Waals surface area contributed by atoms with Crippen LogP contribution in [0.15, 0.2) is 72.9 Å². The quantitative estimate of drug-likeness (QED) is 0.229. The maximum atomic E-state index is 13.7. The van der Waals surface area contributed by atoms with Gasteiger partial charge in [-0.25, -0.2) is 4.79 Å². The number of halogens is 3. The Kier molecular flexibility index (Phi) is 8.06. The van der Waals surface area contributed by atoms with Gasteiger partial charge in [-0.3, -0.25) is 4.79 Å². The fraction of sp³-hybridized carbons (Fsp3) is 0.312. The van der Waals surface area contributed by atoms with Crippen molar-refractivity contribution in [1.29, 1.82) is 0 Å². The lowest BCUT2D eigenvalue weighted by atomic mass is 10.1. The van der Waals surface area contributed by atoms with Gasteiger partial charge in [-0.1, -0.05) is 48.0 Å². The Hall–Kier alpha value is -4.27. The minimum atomic E-state index is -4.43. The summed E-state index contributed by atoms with van der Waals surface area (Å²) in [4.78, 5) is 33.5. The molecule has 0 unspecified atom stereocenters. The Labute approximate surface area is 237 Å². The number of alkyl halides is 3. The van der Waals surface area contributed by atoms with Crippen LogP contribution in [-0.2, 0) is 23.9 Å². The number of hydrogen-bond donors (Lipinski definition) is 2. The van der Waals surface area contributed by atoms with E-state index in [9.17, 15) is 22.8 Å². The molecule has 41 heavy (non-hydrogen) atoms. The molecule has 3 aromatic carbocycles. The number of amides is 3. The summed E-state index contributed by atoms with van der Waals surface area (Å²) in [7, 11) is 0. The maximum absolute atomic E-state index is 13.7. The molecule has 1 aliphatic rings. The van der Waals surface area contributed by atoms with E-state index in [-0.39, 0.29) is 31.1 Å². The third-order valence-electron chi connectivity index (χ3n) is 7.51. The molecule has 1 aliphatic carbocycles. The number of fused-ring (bicyclic) bond motifs is 1. The lowest BCUT2D eigenvalue weighted by Gasteiger charge is -2.28. The molecule has 4 aromatic rings. The van der Waals surface area contributed by atoms with Gasteiger partial charge in [0.05, 0.1) is 5.56 Å². The Morgan fingerprint density at radius 3 is 2.41 bits per heavy atom. The second kappa shape index (κ2) is 11.7. The van der Waals surface area contributed by atoms with Gasteiger partial charge < -0.3 is 20.1 Å². The number of hydrogen-bond acceptors (Lipinski definition) is 2. The largest absolute Gasteiger partial charge is 0.416 e. The Bertz CT molecular complexity index is 1540. The highest BCUT2D eigenvalue weighted by atomic mass is 19.4. The van der Waals surface area contributed by atoms with Crippen LogP contribution in [0.5, 0.6) is 0 Å². The number of aromatic amines is 1. The summed E-state index contributed by atoms with van der Waals surface area (Å²) in [5, 5.41) is 4.01. The van der Waals surface area contributed by atoms with Crippen LogP contribution in [0.2, 0.25) is 0 Å². The van der Waals surface area contributed by atoms with Gasteiger partial charge in [-0.05, 0) is 74.1 Å². The molecule has 1 heterocycles. The smallest absolute Gasteiger partial charge is 0.361 e. The molecule has 2 N–H and O–H groups in total. The van der Waals surface area contributed by atoms with Crippen molar-refractivity contribution >= 4 is 28.5 Å². The van der Waals surface area contributed by atoms with E-state index in [2.05, 4.69) is 10.3 Å². The van der Waals surface area contributed by atoms with Crippen LogP contribution < -0.4 is 5.32 Å². The van der Waals surface area contributed by atoms with Crippen LogP contribution in [0.25, 0.3) is 10.9 Å². The molecule has 0 spiro atoms. The van der Waals surface area contributed by atoms with E-state index < -0.39 is 11.7 Å². The van der Waals surface area contributed by atoms with Crippen molar-refractivity contribution in [3.8, 4) is 0 Å². The number of nitrogens with one attached hydrogen (secondary N) is 2. The van der Waals surface area contributed by atoms with Gasteiger partial charge in [0.25, 0.3) is 0 Å². The average Bonchev–Trinajstić information content (AvgIpc) is 3.70. The Balaban J connectivity index is 1.34. The minimum Gasteiger partial charge on any atom is -0.361 e. The minimum absolute atomic E-state index is 0.0220. The first-order valence-electron chi connectivity index (χ1n) is 13.7. The summed E-state index contributed by atoms with van der Waals surface area (Å²) < 4.78 is 39.3. The number of carbonyl (C=O) groups is 2. The summed E-state index contributed by atoms with van der Waals surface area (Å²) in [6, 6.07) is 18.2. The Morgan fingerprint density at radius 1 is 1.00 bits per heavy atom. The summed E-state index contributed by atoms with van der Waals surface area (Å²) in [6.07, 6.45) is -0.325. The summed E-state index contributed by atoms with van der Waals surface area (Å²) in [5.41, 5.74) is 4.60. The number of carbonyl (C=O) groups excluding carboxylic acids is 2. The molecule has 1 aromatic heterocycles. The normalized spacial score (nSPS) is 13.3. The highest BCUT2D eigenvalue weighted by Gasteiger charge is 2.35. The zero-order chi connectivity index (χ0) is 29.1. The molecular formula is C32H33F3N4O2. The van der Waals surface area contributed by atoms with Crippen molar-refractivity contribution in [3.05, 3.63) is 101 Å². The van der Waals surface area contributed by atoms with Gasteiger partial charge in [0, 0.05) is 41.9 Å². The van der Waals surface area contributed by atoms with E-state index in [1.165, 1.54) is 12.1 Å². The summed E-state index contributed by atoms with van der Waals surface area (Å²) in [6.45, 7) is 4.27. The highest BCUT2D eigenvalue weighted by Crippen LogP contribution is 2.30. The van der Waals surface area contributed by atoms with Crippen molar-refractivity contribution in [3.63, 3.8) is 0 Å². The lowest BCUT2D eigenvalue weighted by Crippen LogP contribution is -2.46. The molecule has 0 aliphatic heterocycles. The summed E-state index contributed by atoms with van der Waals surface area (Å²) >= 11 is 0. The van der Waals surface area contributed by atoms with E-state index in [1.54, 1.807) is 9.80 Å². The molecule has 214 valence electrons. The standard InChI is InChI=1S/C32H33F3N4O2/c1-21-7-14-28(22(2)17-21)37-31(41)39(26-12-13-26)20-30(40)38(19-23-8-10-25(11-9-23)32(33,34)35)16-15-24-18-36-29-6-4-3-5-27(24)29/h3-11,14,17-18,26,36H,12-13,15-16,19-20H2,1-2H3,(H,37,41). The van der Waals surface area contributed by atoms with Gasteiger partial charge in [0.15, 0.2) is 0 Å². The van der Waals surface area contributed by atoms with Crippen molar-refractivity contribution in [2.75, 3.05) is 18.4 Å². The van der Waals surface area contributed by atoms with Crippen molar-refractivity contribution in [2.45, 2.75) is 51.9 Å². The van der Waals surface area contributed by atoms with E-state index >= 15 is 0 Å². The first-order chi connectivity index (χ1) is 19.6. The van der Waals surface area contributed by atoms with E-state index in [0.717, 1.165) is 52.6 Å². The average molecular weight is 563 g/mol. The molecule has 0 radical (unpaired) electrons. The number of H-pyrrole nitrogens is 1. The third kappa shape index (κ3) is 6.90. The zero-order valence-electron chi connectivity index (χ0n) is 23.1. The molecule has 0 saturated heterocycles. The van der Waals surface area contributed by atoms with Crippen molar-refractivity contribution < 1.29 is 22.8 Å². The molecule has 1 fully saturated rings. The van der Waals surface area contributed by atoms with Crippen molar-refractivity contribution in [1.82, 2.24) is 14.8 Å². The van der Waals surface area contributed by atoms with E-state index in [0.29, 0.717) is 24.2 Å². The number of nitrogens with zero attached hydrogens (tertiary/aromatic N) is 2.